The van der Waals surface area contributed by atoms with E-state index in [9.17, 15) is 4.21 Å². The van der Waals surface area contributed by atoms with Crippen LogP contribution in [0.5, 0.6) is 0 Å². The molecule has 0 amide bonds. The summed E-state index contributed by atoms with van der Waals surface area (Å²) in [7, 11) is -0.781. The third-order valence-corrected chi connectivity index (χ3v) is 5.57. The molecule has 0 radical (unpaired) electrons. The maximum Gasteiger partial charge on any atom is 0.0668 e. The van der Waals surface area contributed by atoms with Gasteiger partial charge in [0, 0.05) is 16.6 Å². The molecule has 0 N–H and O–H groups in total. The molecule has 1 aliphatic rings. The zero-order valence-electron chi connectivity index (χ0n) is 10.4. The van der Waals surface area contributed by atoms with E-state index in [0.29, 0.717) is 5.92 Å². The standard InChI is InChI=1S/C13H23NOS/c1-3-5-8-16(15)13-9-11(4-2)6-7-12(13)10-14/h11-13H,3-9H2,1-2H3. The number of nitrogens with zero attached hydrogens (tertiary/aromatic N) is 1. The third-order valence-electron chi connectivity index (χ3n) is 3.68. The highest BCUT2D eigenvalue weighted by molar-refractivity contribution is 7.85. The molecular formula is C13H23NOS. The summed E-state index contributed by atoms with van der Waals surface area (Å²) in [5, 5.41) is 9.26. The predicted molar refractivity (Wildman–Crippen MR) is 68.4 cm³/mol. The van der Waals surface area contributed by atoms with Crippen LogP contribution in [0.25, 0.3) is 0 Å². The minimum Gasteiger partial charge on any atom is -0.259 e. The lowest BCUT2D eigenvalue weighted by Crippen LogP contribution is -2.33. The molecule has 3 heteroatoms. The fourth-order valence-electron chi connectivity index (χ4n) is 2.46. The summed E-state index contributed by atoms with van der Waals surface area (Å²) in [6.07, 6.45) is 6.39. The number of unbranched alkanes of at least 4 members (excludes halogenated alkanes) is 1. The van der Waals surface area contributed by atoms with Gasteiger partial charge >= 0.3 is 0 Å². The van der Waals surface area contributed by atoms with Crippen molar-refractivity contribution in [3.8, 4) is 6.07 Å². The molecule has 0 aromatic carbocycles. The van der Waals surface area contributed by atoms with E-state index in [1.165, 1.54) is 6.42 Å². The topological polar surface area (TPSA) is 40.9 Å². The molecule has 92 valence electrons. The zero-order chi connectivity index (χ0) is 12.0. The Kier molecular flexibility index (Phi) is 6.05. The molecule has 1 fully saturated rings. The highest BCUT2D eigenvalue weighted by atomic mass is 32.2. The monoisotopic (exact) mass is 241 g/mol. The molecule has 0 heterocycles. The lowest BCUT2D eigenvalue weighted by molar-refractivity contribution is 0.313. The van der Waals surface area contributed by atoms with Crippen molar-refractivity contribution in [1.29, 1.82) is 5.26 Å². The van der Waals surface area contributed by atoms with Crippen LogP contribution in [0.2, 0.25) is 0 Å². The van der Waals surface area contributed by atoms with E-state index in [0.717, 1.165) is 37.9 Å². The van der Waals surface area contributed by atoms with Crippen molar-refractivity contribution in [2.45, 2.75) is 57.6 Å². The van der Waals surface area contributed by atoms with E-state index in [2.05, 4.69) is 19.9 Å². The van der Waals surface area contributed by atoms with Crippen molar-refractivity contribution in [3.05, 3.63) is 0 Å². The maximum atomic E-state index is 12.1. The van der Waals surface area contributed by atoms with Crippen LogP contribution < -0.4 is 0 Å². The van der Waals surface area contributed by atoms with Gasteiger partial charge in [0.25, 0.3) is 0 Å². The van der Waals surface area contributed by atoms with Crippen molar-refractivity contribution >= 4 is 10.8 Å². The van der Waals surface area contributed by atoms with Gasteiger partial charge in [0.2, 0.25) is 0 Å². The quantitative estimate of drug-likeness (QED) is 0.741. The smallest absolute Gasteiger partial charge is 0.0668 e. The Bertz CT molecular complexity index is 272. The first-order chi connectivity index (χ1) is 7.72. The third kappa shape index (κ3) is 3.59. The average molecular weight is 241 g/mol. The van der Waals surface area contributed by atoms with Crippen LogP contribution in [0.15, 0.2) is 0 Å². The molecule has 4 atom stereocenters. The minimum absolute atomic E-state index is 0.0421. The van der Waals surface area contributed by atoms with E-state index in [1.807, 2.05) is 0 Å². The molecule has 0 bridgehead atoms. The maximum absolute atomic E-state index is 12.1. The Morgan fingerprint density at radius 2 is 2.12 bits per heavy atom. The molecule has 4 unspecified atom stereocenters. The molecule has 16 heavy (non-hydrogen) atoms. The number of rotatable bonds is 5. The molecule has 1 rings (SSSR count). The Labute approximate surface area is 102 Å². The van der Waals surface area contributed by atoms with Gasteiger partial charge in [0.1, 0.15) is 0 Å². The summed E-state index contributed by atoms with van der Waals surface area (Å²) in [4.78, 5) is 0. The number of hydrogen-bond acceptors (Lipinski definition) is 2. The van der Waals surface area contributed by atoms with Gasteiger partial charge in [-0.25, -0.2) is 0 Å². The summed E-state index contributed by atoms with van der Waals surface area (Å²) in [5.41, 5.74) is 0. The molecule has 1 saturated carbocycles. The summed E-state index contributed by atoms with van der Waals surface area (Å²) in [6.45, 7) is 4.32. The van der Waals surface area contributed by atoms with Gasteiger partial charge in [-0.1, -0.05) is 26.7 Å². The number of hydrogen-bond donors (Lipinski definition) is 0. The van der Waals surface area contributed by atoms with Gasteiger partial charge in [-0.3, -0.25) is 4.21 Å². The van der Waals surface area contributed by atoms with Crippen molar-refractivity contribution in [1.82, 2.24) is 0 Å². The lowest BCUT2D eigenvalue weighted by atomic mass is 9.81. The molecule has 0 aromatic rings. The van der Waals surface area contributed by atoms with Crippen molar-refractivity contribution in [2.24, 2.45) is 11.8 Å². The lowest BCUT2D eigenvalue weighted by Gasteiger charge is -2.31. The van der Waals surface area contributed by atoms with Crippen LogP contribution in [0.3, 0.4) is 0 Å². The predicted octanol–water partition coefficient (Wildman–Crippen LogP) is 3.25. The summed E-state index contributed by atoms with van der Waals surface area (Å²) in [5.74, 6) is 1.52. The fraction of sp³-hybridized carbons (Fsp3) is 0.923. The normalized spacial score (nSPS) is 31.9. The van der Waals surface area contributed by atoms with Gasteiger partial charge in [-0.05, 0) is 31.6 Å². The highest BCUT2D eigenvalue weighted by Crippen LogP contribution is 2.33. The molecule has 0 aliphatic heterocycles. The number of nitriles is 1. The average Bonchev–Trinajstić information content (AvgIpc) is 2.35. The van der Waals surface area contributed by atoms with Gasteiger partial charge in [0.15, 0.2) is 0 Å². The van der Waals surface area contributed by atoms with Crippen LogP contribution in [0, 0.1) is 23.2 Å². The van der Waals surface area contributed by atoms with Gasteiger partial charge < -0.3 is 0 Å². The Balaban J connectivity index is 2.58. The zero-order valence-corrected chi connectivity index (χ0v) is 11.3. The fourth-order valence-corrected chi connectivity index (χ4v) is 4.38. The molecule has 0 aromatic heterocycles. The Morgan fingerprint density at radius 1 is 1.38 bits per heavy atom. The van der Waals surface area contributed by atoms with Gasteiger partial charge in [-0.2, -0.15) is 5.26 Å². The van der Waals surface area contributed by atoms with Crippen LogP contribution in [-0.2, 0) is 10.8 Å². The highest BCUT2D eigenvalue weighted by Gasteiger charge is 2.33. The first-order valence-electron chi connectivity index (χ1n) is 6.49. The van der Waals surface area contributed by atoms with Crippen molar-refractivity contribution < 1.29 is 4.21 Å². The van der Waals surface area contributed by atoms with E-state index >= 15 is 0 Å². The van der Waals surface area contributed by atoms with Crippen molar-refractivity contribution in [3.63, 3.8) is 0 Å². The molecular weight excluding hydrogens is 218 g/mol. The van der Waals surface area contributed by atoms with Crippen LogP contribution in [-0.4, -0.2) is 15.2 Å². The first kappa shape index (κ1) is 13.7. The van der Waals surface area contributed by atoms with E-state index in [4.69, 9.17) is 5.26 Å². The second-order valence-electron chi connectivity index (χ2n) is 4.80. The van der Waals surface area contributed by atoms with Crippen LogP contribution in [0.1, 0.15) is 52.4 Å². The van der Waals surface area contributed by atoms with Crippen molar-refractivity contribution in [2.75, 3.05) is 5.75 Å². The Hall–Kier alpha value is -0.360. The minimum atomic E-state index is -0.781. The first-order valence-corrected chi connectivity index (χ1v) is 7.87. The SMILES string of the molecule is CCCCS(=O)C1CC(CC)CCC1C#N. The molecule has 0 spiro atoms. The molecule has 1 aliphatic carbocycles. The van der Waals surface area contributed by atoms with Gasteiger partial charge in [-0.15, -0.1) is 0 Å². The van der Waals surface area contributed by atoms with E-state index < -0.39 is 10.8 Å². The summed E-state index contributed by atoms with van der Waals surface area (Å²) < 4.78 is 12.1. The van der Waals surface area contributed by atoms with Crippen LogP contribution >= 0.6 is 0 Å². The van der Waals surface area contributed by atoms with E-state index in [-0.39, 0.29) is 11.2 Å². The largest absolute Gasteiger partial charge is 0.259 e. The second kappa shape index (κ2) is 7.06. The molecule has 0 saturated heterocycles. The Morgan fingerprint density at radius 3 is 2.69 bits per heavy atom. The summed E-state index contributed by atoms with van der Waals surface area (Å²) >= 11 is 0. The van der Waals surface area contributed by atoms with Gasteiger partial charge in [0.05, 0.1) is 17.2 Å². The molecule has 2 nitrogen and oxygen atoms in total. The van der Waals surface area contributed by atoms with Crippen LogP contribution in [0.4, 0.5) is 0 Å². The second-order valence-corrected chi connectivity index (χ2v) is 6.58. The van der Waals surface area contributed by atoms with E-state index in [1.54, 1.807) is 0 Å². The summed E-state index contributed by atoms with van der Waals surface area (Å²) in [6, 6.07) is 2.36.